The van der Waals surface area contributed by atoms with Crippen LogP contribution in [0.2, 0.25) is 0 Å². The van der Waals surface area contributed by atoms with Gasteiger partial charge in [0, 0.05) is 0 Å². The molecule has 0 amide bonds. The number of hydrogen-bond donors (Lipinski definition) is 2. The molecule has 0 aromatic carbocycles. The second kappa shape index (κ2) is 4.21. The third kappa shape index (κ3) is 33.4. The summed E-state index contributed by atoms with van der Waals surface area (Å²) >= 11 is 1.25. The molecule has 0 aromatic rings. The van der Waals surface area contributed by atoms with Crippen molar-refractivity contribution in [2.45, 2.75) is 0 Å². The van der Waals surface area contributed by atoms with Crippen molar-refractivity contribution < 1.29 is 14.4 Å². The zero-order valence-corrected chi connectivity index (χ0v) is 4.97. The molecule has 0 aliphatic carbocycles. The van der Waals surface area contributed by atoms with Gasteiger partial charge in [0.25, 0.3) is 0 Å². The first-order valence-electron chi connectivity index (χ1n) is 0.783. The predicted octanol–water partition coefficient (Wildman–Crippen LogP) is -1.67. The first-order chi connectivity index (χ1) is 2.00. The van der Waals surface area contributed by atoms with Crippen molar-refractivity contribution >= 4 is 73.2 Å². The Labute approximate surface area is 85.9 Å². The van der Waals surface area contributed by atoms with E-state index in [0.717, 1.165) is 0 Å². The molecule has 0 atom stereocenters. The molecule has 0 spiro atoms. The zero-order chi connectivity index (χ0) is 4.50. The van der Waals surface area contributed by atoms with E-state index < -0.39 is 6.29 Å². The zero-order valence-electron chi connectivity index (χ0n) is 2.20. The van der Waals surface area contributed by atoms with Crippen molar-refractivity contribution in [3.05, 3.63) is 0 Å². The fourth-order valence-corrected chi connectivity index (χ4v) is 0. The van der Waals surface area contributed by atoms with Gasteiger partial charge < -0.3 is 0 Å². The van der Waals surface area contributed by atoms with Crippen molar-refractivity contribution in [1.29, 1.82) is 0 Å². The summed E-state index contributed by atoms with van der Waals surface area (Å²) in [5.41, 5.74) is 0. The van der Waals surface area contributed by atoms with Gasteiger partial charge in [-0.05, 0) is 0 Å². The van der Waals surface area contributed by atoms with Crippen LogP contribution in [0.15, 0.2) is 0 Å². The Morgan fingerprint density at radius 2 is 1.50 bits per heavy atom. The van der Waals surface area contributed by atoms with Gasteiger partial charge in [-0.1, -0.05) is 0 Å². The topological polar surface area (TPSA) is 57.5 Å². The van der Waals surface area contributed by atoms with Crippen LogP contribution in [-0.2, 0) is 4.57 Å². The van der Waals surface area contributed by atoms with E-state index in [4.69, 9.17) is 9.79 Å². The molecule has 2 N–H and O–H groups in total. The summed E-state index contributed by atoms with van der Waals surface area (Å²) in [5.74, 6) is 0. The van der Waals surface area contributed by atoms with E-state index in [1.165, 1.54) is 15.6 Å². The van der Waals surface area contributed by atoms with Gasteiger partial charge in [0.05, 0.1) is 0 Å². The van der Waals surface area contributed by atoms with Gasteiger partial charge in [0.15, 0.2) is 0 Å². The summed E-state index contributed by atoms with van der Waals surface area (Å²) in [6.45, 7) is 0. The van der Waals surface area contributed by atoms with E-state index in [9.17, 15) is 4.57 Å². The molecular formula is H4KO3PSe. The van der Waals surface area contributed by atoms with Crippen molar-refractivity contribution in [1.82, 2.24) is 0 Å². The van der Waals surface area contributed by atoms with Crippen LogP contribution >= 0.6 is 6.29 Å². The monoisotopic (exact) mass is 202 g/mol. The van der Waals surface area contributed by atoms with Crippen LogP contribution in [0.3, 0.4) is 0 Å². The van der Waals surface area contributed by atoms with E-state index in [0.29, 0.717) is 0 Å². The predicted molar refractivity (Wildman–Crippen MR) is 26.3 cm³/mol. The standard InChI is InChI=1S/K.H3O3PSe.H/c;1-4(2,3)5;/h;(H3,1,2,3,5);. The van der Waals surface area contributed by atoms with Gasteiger partial charge in [-0.25, -0.2) is 0 Å². The first kappa shape index (κ1) is 11.1. The second-order valence-electron chi connectivity index (χ2n) is 0.513. The molecule has 0 radical (unpaired) electrons. The van der Waals surface area contributed by atoms with Crippen molar-refractivity contribution in [3.63, 3.8) is 0 Å². The summed E-state index contributed by atoms with van der Waals surface area (Å²) in [6, 6.07) is 0. The maximum absolute atomic E-state index is 9.30. The molecule has 0 heterocycles. The summed E-state index contributed by atoms with van der Waals surface area (Å²) in [7, 11) is 0. The van der Waals surface area contributed by atoms with E-state index in [1.807, 2.05) is 0 Å². The van der Waals surface area contributed by atoms with Crippen LogP contribution < -0.4 is 0 Å². The molecule has 34 valence electrons. The molecule has 0 saturated carbocycles. The first-order valence-corrected chi connectivity index (χ1v) is 4.87. The van der Waals surface area contributed by atoms with Gasteiger partial charge in [0.2, 0.25) is 0 Å². The Kier molecular flexibility index (Phi) is 7.82. The molecule has 0 saturated heterocycles. The van der Waals surface area contributed by atoms with Crippen molar-refractivity contribution in [2.24, 2.45) is 0 Å². The molecule has 6 heavy (non-hydrogen) atoms. The Morgan fingerprint density at radius 3 is 1.50 bits per heavy atom. The van der Waals surface area contributed by atoms with E-state index in [-0.39, 0.29) is 51.4 Å². The summed E-state index contributed by atoms with van der Waals surface area (Å²) in [4.78, 5) is 15.2. The molecule has 3 nitrogen and oxygen atoms in total. The van der Waals surface area contributed by atoms with Gasteiger partial charge >= 0.3 is 87.6 Å². The van der Waals surface area contributed by atoms with Crippen LogP contribution in [0.1, 0.15) is 0 Å². The van der Waals surface area contributed by atoms with E-state index in [1.54, 1.807) is 0 Å². The average Bonchev–Trinajstić information content (AvgIpc) is 0.722. The number of hydrogen-bond acceptors (Lipinski definition) is 1. The van der Waals surface area contributed by atoms with Crippen molar-refractivity contribution in [3.8, 4) is 0 Å². The Morgan fingerprint density at radius 1 is 1.50 bits per heavy atom. The molecular weight excluding hydrogens is 197 g/mol. The molecule has 0 bridgehead atoms. The number of rotatable bonds is 0. The SMILES string of the molecule is O=P(O)(O)[SeH].[KH]. The van der Waals surface area contributed by atoms with Crippen LogP contribution in [0.4, 0.5) is 0 Å². The third-order valence-electron chi connectivity index (χ3n) is 0. The quantitative estimate of drug-likeness (QED) is 0.364. The average molecular weight is 201 g/mol. The molecule has 0 aromatic heterocycles. The van der Waals surface area contributed by atoms with Crippen LogP contribution in [0.5, 0.6) is 0 Å². The molecule has 0 aliphatic heterocycles. The minimum absolute atomic E-state index is 0. The summed E-state index contributed by atoms with van der Waals surface area (Å²) in [5, 5.41) is 0. The summed E-state index contributed by atoms with van der Waals surface area (Å²) in [6.07, 6.45) is -3.70. The van der Waals surface area contributed by atoms with Crippen molar-refractivity contribution in [2.75, 3.05) is 0 Å². The fraction of sp³-hybridized carbons (Fsp3) is 0. The minimum atomic E-state index is -3.70. The summed E-state index contributed by atoms with van der Waals surface area (Å²) < 4.78 is 9.30. The molecule has 0 fully saturated rings. The second-order valence-corrected chi connectivity index (χ2v) is 4.82. The molecule has 6 heteroatoms. The Balaban J connectivity index is 0. The molecule has 0 aliphatic rings. The normalized spacial score (nSPS) is 9.83. The molecule has 0 unspecified atom stereocenters. The Hall–Kier alpha value is 2.31. The Bertz CT molecular complexity index is 56.9. The van der Waals surface area contributed by atoms with Gasteiger partial charge in [-0.2, -0.15) is 0 Å². The fourth-order valence-electron chi connectivity index (χ4n) is 0. The van der Waals surface area contributed by atoms with Crippen LogP contribution in [0.25, 0.3) is 0 Å². The van der Waals surface area contributed by atoms with E-state index >= 15 is 0 Å². The third-order valence-corrected chi connectivity index (χ3v) is 0. The van der Waals surface area contributed by atoms with Crippen LogP contribution in [-0.4, -0.2) is 76.7 Å². The van der Waals surface area contributed by atoms with E-state index in [2.05, 4.69) is 0 Å². The van der Waals surface area contributed by atoms with Gasteiger partial charge in [-0.15, -0.1) is 0 Å². The van der Waals surface area contributed by atoms with Crippen LogP contribution in [0, 0.1) is 0 Å². The maximum atomic E-state index is 9.30. The van der Waals surface area contributed by atoms with Gasteiger partial charge in [0.1, 0.15) is 0 Å². The molecule has 0 rings (SSSR count). The van der Waals surface area contributed by atoms with Gasteiger partial charge in [-0.3, -0.25) is 0 Å².